The van der Waals surface area contributed by atoms with Crippen LogP contribution in [-0.4, -0.2) is 35.5 Å². The average Bonchev–Trinajstić information content (AvgIpc) is 3.19. The Morgan fingerprint density at radius 1 is 1.10 bits per heavy atom. The van der Waals surface area contributed by atoms with Crippen LogP contribution in [0.1, 0.15) is 60.6 Å². The summed E-state index contributed by atoms with van der Waals surface area (Å²) in [4.78, 5) is 41.8. The summed E-state index contributed by atoms with van der Waals surface area (Å²) in [7, 11) is 0. The van der Waals surface area contributed by atoms with Crippen molar-refractivity contribution in [2.24, 2.45) is 5.92 Å². The van der Waals surface area contributed by atoms with E-state index in [-0.39, 0.29) is 6.04 Å². The Morgan fingerprint density at radius 3 is 2.73 bits per heavy atom. The minimum Gasteiger partial charge on any atom is -0.452 e. The minimum atomic E-state index is -0.640. The average molecular weight is 409 g/mol. The highest BCUT2D eigenvalue weighted by Crippen LogP contribution is 2.30. The highest BCUT2D eigenvalue weighted by atomic mass is 16.5. The van der Waals surface area contributed by atoms with Gasteiger partial charge in [-0.25, -0.2) is 9.59 Å². The number of urea groups is 1. The lowest BCUT2D eigenvalue weighted by atomic mass is 9.86. The number of aromatic nitrogens is 1. The molecule has 0 unspecified atom stereocenters. The number of hydrogen-bond donors (Lipinski definition) is 2. The van der Waals surface area contributed by atoms with Gasteiger partial charge in [0.25, 0.3) is 5.91 Å². The summed E-state index contributed by atoms with van der Waals surface area (Å²) in [5.74, 6) is -0.804. The van der Waals surface area contributed by atoms with Crippen molar-refractivity contribution in [3.63, 3.8) is 0 Å². The zero-order valence-corrected chi connectivity index (χ0v) is 17.2. The summed E-state index contributed by atoms with van der Waals surface area (Å²) < 4.78 is 5.28. The van der Waals surface area contributed by atoms with Crippen LogP contribution in [-0.2, 0) is 22.4 Å². The first-order chi connectivity index (χ1) is 14.5. The third-order valence-corrected chi connectivity index (χ3v) is 6.14. The van der Waals surface area contributed by atoms with E-state index in [1.807, 2.05) is 24.3 Å². The van der Waals surface area contributed by atoms with Crippen molar-refractivity contribution in [2.75, 3.05) is 6.61 Å². The van der Waals surface area contributed by atoms with Gasteiger partial charge in [-0.15, -0.1) is 0 Å². The third kappa shape index (κ3) is 4.30. The maximum Gasteiger partial charge on any atom is 0.339 e. The van der Waals surface area contributed by atoms with E-state index in [1.54, 1.807) is 0 Å². The molecule has 0 bridgehead atoms. The van der Waals surface area contributed by atoms with E-state index in [4.69, 9.17) is 4.74 Å². The lowest BCUT2D eigenvalue weighted by molar-refractivity contribution is -0.123. The molecule has 1 saturated carbocycles. The van der Waals surface area contributed by atoms with Gasteiger partial charge in [0.15, 0.2) is 6.61 Å². The van der Waals surface area contributed by atoms with Crippen molar-refractivity contribution in [3.8, 4) is 0 Å². The number of imide groups is 1. The van der Waals surface area contributed by atoms with Gasteiger partial charge < -0.3 is 10.1 Å². The SMILES string of the molecule is C[C@@H]1CCCC[C@H]1NC(=O)NC(=O)COC(=O)c1c2c(nc3ccccc13)CCC2. The van der Waals surface area contributed by atoms with Gasteiger partial charge in [-0.05, 0) is 49.7 Å². The number of carbonyl (C=O) groups is 3. The third-order valence-electron chi connectivity index (χ3n) is 6.14. The van der Waals surface area contributed by atoms with Crippen LogP contribution in [0.2, 0.25) is 0 Å². The molecule has 158 valence electrons. The van der Waals surface area contributed by atoms with Crippen LogP contribution < -0.4 is 10.6 Å². The second kappa shape index (κ2) is 8.81. The number of hydrogen-bond acceptors (Lipinski definition) is 5. The van der Waals surface area contributed by atoms with Gasteiger partial charge in [0, 0.05) is 17.1 Å². The number of nitrogens with zero attached hydrogens (tertiary/aromatic N) is 1. The fourth-order valence-corrected chi connectivity index (χ4v) is 4.55. The highest BCUT2D eigenvalue weighted by molar-refractivity contribution is 6.06. The number of fused-ring (bicyclic) bond motifs is 2. The van der Waals surface area contributed by atoms with Crippen LogP contribution in [0.5, 0.6) is 0 Å². The maximum absolute atomic E-state index is 12.8. The summed E-state index contributed by atoms with van der Waals surface area (Å²) in [6.45, 7) is 1.60. The maximum atomic E-state index is 12.8. The minimum absolute atomic E-state index is 0.0693. The Kier molecular flexibility index (Phi) is 5.97. The van der Waals surface area contributed by atoms with E-state index in [0.717, 1.165) is 60.7 Å². The second-order valence-electron chi connectivity index (χ2n) is 8.25. The number of rotatable bonds is 4. The van der Waals surface area contributed by atoms with Crippen LogP contribution >= 0.6 is 0 Å². The quantitative estimate of drug-likeness (QED) is 0.756. The van der Waals surface area contributed by atoms with E-state index < -0.39 is 24.5 Å². The first kappa shape index (κ1) is 20.3. The lowest BCUT2D eigenvalue weighted by Crippen LogP contribution is -2.48. The van der Waals surface area contributed by atoms with E-state index in [2.05, 4.69) is 22.5 Å². The molecule has 0 radical (unpaired) electrons. The number of amides is 3. The number of benzene rings is 1. The largest absolute Gasteiger partial charge is 0.452 e. The van der Waals surface area contributed by atoms with Crippen molar-refractivity contribution in [1.82, 2.24) is 15.6 Å². The van der Waals surface area contributed by atoms with Crippen molar-refractivity contribution in [2.45, 2.75) is 57.9 Å². The Balaban J connectivity index is 1.38. The van der Waals surface area contributed by atoms with Crippen LogP contribution in [0.4, 0.5) is 4.79 Å². The Hall–Kier alpha value is -2.96. The molecule has 4 rings (SSSR count). The molecule has 2 N–H and O–H groups in total. The van der Waals surface area contributed by atoms with Crippen LogP contribution in [0.15, 0.2) is 24.3 Å². The van der Waals surface area contributed by atoms with Crippen molar-refractivity contribution >= 4 is 28.8 Å². The zero-order chi connectivity index (χ0) is 21.1. The molecule has 7 nitrogen and oxygen atoms in total. The smallest absolute Gasteiger partial charge is 0.339 e. The van der Waals surface area contributed by atoms with Gasteiger partial charge in [0.1, 0.15) is 0 Å². The summed E-state index contributed by atoms with van der Waals surface area (Å²) in [5, 5.41) is 5.85. The van der Waals surface area contributed by atoms with Gasteiger partial charge in [0.05, 0.1) is 11.1 Å². The molecular formula is C23H27N3O4. The highest BCUT2D eigenvalue weighted by Gasteiger charge is 2.26. The molecule has 2 aromatic rings. The summed E-state index contributed by atoms with van der Waals surface area (Å²) >= 11 is 0. The molecule has 0 spiro atoms. The van der Waals surface area contributed by atoms with E-state index in [1.165, 1.54) is 6.42 Å². The number of carbonyl (C=O) groups excluding carboxylic acids is 3. The molecule has 3 amide bonds. The molecule has 0 aliphatic heterocycles. The molecule has 0 saturated heterocycles. The number of para-hydroxylation sites is 1. The van der Waals surface area contributed by atoms with Crippen LogP contribution in [0.3, 0.4) is 0 Å². The van der Waals surface area contributed by atoms with E-state index in [9.17, 15) is 14.4 Å². The lowest BCUT2D eigenvalue weighted by Gasteiger charge is -2.29. The molecule has 1 aromatic heterocycles. The Labute approximate surface area is 175 Å². The number of nitrogens with one attached hydrogen (secondary N) is 2. The molecular weight excluding hydrogens is 382 g/mol. The number of ether oxygens (including phenoxy) is 1. The topological polar surface area (TPSA) is 97.4 Å². The Morgan fingerprint density at radius 2 is 1.90 bits per heavy atom. The normalized spacial score (nSPS) is 20.4. The fourth-order valence-electron chi connectivity index (χ4n) is 4.55. The van der Waals surface area contributed by atoms with Crippen molar-refractivity contribution in [1.29, 1.82) is 0 Å². The summed E-state index contributed by atoms with van der Waals surface area (Å²) in [5.41, 5.74) is 3.06. The summed E-state index contributed by atoms with van der Waals surface area (Å²) in [6.07, 6.45) is 6.78. The molecule has 2 aliphatic carbocycles. The zero-order valence-electron chi connectivity index (χ0n) is 17.2. The molecule has 2 aliphatic rings. The number of esters is 1. The van der Waals surface area contributed by atoms with Gasteiger partial charge in [-0.3, -0.25) is 15.1 Å². The summed E-state index contributed by atoms with van der Waals surface area (Å²) in [6, 6.07) is 6.98. The van der Waals surface area contributed by atoms with E-state index in [0.29, 0.717) is 11.5 Å². The number of pyridine rings is 1. The van der Waals surface area contributed by atoms with Crippen molar-refractivity contribution in [3.05, 3.63) is 41.1 Å². The predicted octanol–water partition coefficient (Wildman–Crippen LogP) is 3.28. The monoisotopic (exact) mass is 409 g/mol. The molecule has 7 heteroatoms. The Bertz CT molecular complexity index is 988. The van der Waals surface area contributed by atoms with Crippen LogP contribution in [0.25, 0.3) is 10.9 Å². The van der Waals surface area contributed by atoms with Crippen molar-refractivity contribution < 1.29 is 19.1 Å². The first-order valence-electron chi connectivity index (χ1n) is 10.7. The van der Waals surface area contributed by atoms with Gasteiger partial charge >= 0.3 is 12.0 Å². The number of aryl methyl sites for hydroxylation is 1. The fraction of sp³-hybridized carbons (Fsp3) is 0.478. The molecule has 1 fully saturated rings. The first-order valence-corrected chi connectivity index (χ1v) is 10.7. The van der Waals surface area contributed by atoms with Gasteiger partial charge in [-0.2, -0.15) is 0 Å². The molecule has 30 heavy (non-hydrogen) atoms. The van der Waals surface area contributed by atoms with E-state index >= 15 is 0 Å². The molecule has 1 heterocycles. The predicted molar refractivity (Wildman–Crippen MR) is 112 cm³/mol. The van der Waals surface area contributed by atoms with Gasteiger partial charge in [-0.1, -0.05) is 38.0 Å². The molecule has 2 atom stereocenters. The van der Waals surface area contributed by atoms with Crippen LogP contribution in [0, 0.1) is 5.92 Å². The second-order valence-corrected chi connectivity index (χ2v) is 8.25. The molecule has 1 aromatic carbocycles. The van der Waals surface area contributed by atoms with Gasteiger partial charge in [0.2, 0.25) is 0 Å². The standard InChI is InChI=1S/C23H27N3O4/c1-14-7-2-4-10-17(14)25-23(29)26-20(27)13-30-22(28)21-15-8-3-5-11-18(15)24-19-12-6-9-16(19)21/h3,5,8,11,14,17H,2,4,6-7,9-10,12-13H2,1H3,(H2,25,26,27,29)/t14-,17-/m1/s1.